The van der Waals surface area contributed by atoms with E-state index in [1.54, 1.807) is 0 Å². The summed E-state index contributed by atoms with van der Waals surface area (Å²) >= 11 is 0. The predicted octanol–water partition coefficient (Wildman–Crippen LogP) is 2.07. The highest BCUT2D eigenvalue weighted by atomic mass is 16.1. The van der Waals surface area contributed by atoms with E-state index in [0.717, 1.165) is 38.3 Å². The lowest BCUT2D eigenvalue weighted by Crippen LogP contribution is -2.39. The second kappa shape index (κ2) is 6.39. The van der Waals surface area contributed by atoms with Crippen molar-refractivity contribution >= 4 is 5.91 Å². The van der Waals surface area contributed by atoms with Crippen LogP contribution in [0.1, 0.15) is 51.9 Å². The molecule has 1 saturated carbocycles. The zero-order chi connectivity index (χ0) is 12.1. The third-order valence-corrected chi connectivity index (χ3v) is 4.43. The number of carbonyl (C=O) groups excluding carboxylic acids is 1. The van der Waals surface area contributed by atoms with Crippen LogP contribution in [0, 0.1) is 11.8 Å². The Morgan fingerprint density at radius 1 is 1.24 bits per heavy atom. The van der Waals surface area contributed by atoms with Gasteiger partial charge in [-0.25, -0.2) is 0 Å². The van der Waals surface area contributed by atoms with Crippen molar-refractivity contribution in [1.29, 1.82) is 0 Å². The molecule has 1 saturated heterocycles. The Hall–Kier alpha value is -0.570. The predicted molar refractivity (Wildman–Crippen MR) is 69.8 cm³/mol. The van der Waals surface area contributed by atoms with Gasteiger partial charge in [-0.1, -0.05) is 12.8 Å². The first-order chi connectivity index (χ1) is 8.25. The van der Waals surface area contributed by atoms with Crippen LogP contribution in [0.5, 0.6) is 0 Å². The van der Waals surface area contributed by atoms with Gasteiger partial charge in [0.05, 0.1) is 0 Å². The topological polar surface area (TPSA) is 41.1 Å². The van der Waals surface area contributed by atoms with Gasteiger partial charge in [0.25, 0.3) is 0 Å². The zero-order valence-electron chi connectivity index (χ0n) is 11.0. The molecule has 2 N–H and O–H groups in total. The van der Waals surface area contributed by atoms with Gasteiger partial charge in [0, 0.05) is 12.5 Å². The molecule has 0 aromatic carbocycles. The monoisotopic (exact) mass is 238 g/mol. The fourth-order valence-electron chi connectivity index (χ4n) is 3.24. The van der Waals surface area contributed by atoms with E-state index in [9.17, 15) is 4.79 Å². The first-order valence-electron chi connectivity index (χ1n) is 7.26. The summed E-state index contributed by atoms with van der Waals surface area (Å²) in [7, 11) is 0. The Balaban J connectivity index is 1.68. The van der Waals surface area contributed by atoms with Crippen molar-refractivity contribution in [1.82, 2.24) is 10.6 Å². The molecule has 17 heavy (non-hydrogen) atoms. The van der Waals surface area contributed by atoms with Gasteiger partial charge < -0.3 is 10.6 Å². The highest BCUT2D eigenvalue weighted by molar-refractivity contribution is 5.76. The maximum atomic E-state index is 11.9. The Bertz CT molecular complexity index is 243. The average molecular weight is 238 g/mol. The Kier molecular flexibility index (Phi) is 4.84. The van der Waals surface area contributed by atoms with Gasteiger partial charge in [-0.15, -0.1) is 0 Å². The van der Waals surface area contributed by atoms with E-state index < -0.39 is 0 Å². The Labute approximate surface area is 105 Å². The SMILES string of the molecule is CC(NC(=O)CC1CCNCC1)C1CCCC1. The second-order valence-corrected chi connectivity index (χ2v) is 5.80. The van der Waals surface area contributed by atoms with Gasteiger partial charge in [-0.3, -0.25) is 4.79 Å². The molecule has 2 fully saturated rings. The Morgan fingerprint density at radius 3 is 2.53 bits per heavy atom. The minimum absolute atomic E-state index is 0.274. The summed E-state index contributed by atoms with van der Waals surface area (Å²) < 4.78 is 0. The van der Waals surface area contributed by atoms with E-state index in [1.807, 2.05) is 0 Å². The number of amides is 1. The third-order valence-electron chi connectivity index (χ3n) is 4.43. The summed E-state index contributed by atoms with van der Waals surface area (Å²) in [6.45, 7) is 4.34. The molecule has 1 aliphatic carbocycles. The van der Waals surface area contributed by atoms with Gasteiger partial charge in [0.2, 0.25) is 5.91 Å². The number of hydrogen-bond donors (Lipinski definition) is 2. The number of nitrogens with one attached hydrogen (secondary N) is 2. The molecule has 2 rings (SSSR count). The molecule has 1 amide bonds. The molecule has 1 heterocycles. The van der Waals surface area contributed by atoms with Gasteiger partial charge in [0.15, 0.2) is 0 Å². The first kappa shape index (κ1) is 12.9. The fraction of sp³-hybridized carbons (Fsp3) is 0.929. The lowest BCUT2D eigenvalue weighted by molar-refractivity contribution is -0.123. The van der Waals surface area contributed by atoms with Gasteiger partial charge >= 0.3 is 0 Å². The molecule has 0 bridgehead atoms. The number of carbonyl (C=O) groups is 1. The largest absolute Gasteiger partial charge is 0.353 e. The van der Waals surface area contributed by atoms with Gasteiger partial charge in [-0.2, -0.15) is 0 Å². The standard InChI is InChI=1S/C14H26N2O/c1-11(13-4-2-3-5-13)16-14(17)10-12-6-8-15-9-7-12/h11-13,15H,2-10H2,1H3,(H,16,17). The van der Waals surface area contributed by atoms with Crippen LogP contribution in [0.15, 0.2) is 0 Å². The van der Waals surface area contributed by atoms with Crippen LogP contribution in [-0.2, 0) is 4.79 Å². The molecular formula is C14H26N2O. The van der Waals surface area contributed by atoms with E-state index in [2.05, 4.69) is 17.6 Å². The molecular weight excluding hydrogens is 212 g/mol. The van der Waals surface area contributed by atoms with E-state index in [4.69, 9.17) is 0 Å². The minimum atomic E-state index is 0.274. The summed E-state index contributed by atoms with van der Waals surface area (Å²) in [5.74, 6) is 1.61. The number of piperidine rings is 1. The maximum Gasteiger partial charge on any atom is 0.220 e. The quantitative estimate of drug-likeness (QED) is 0.787. The van der Waals surface area contributed by atoms with Crippen molar-refractivity contribution in [2.45, 2.75) is 57.9 Å². The van der Waals surface area contributed by atoms with Crippen molar-refractivity contribution in [3.05, 3.63) is 0 Å². The van der Waals surface area contributed by atoms with Crippen molar-refractivity contribution in [2.75, 3.05) is 13.1 Å². The van der Waals surface area contributed by atoms with Crippen LogP contribution in [-0.4, -0.2) is 25.0 Å². The van der Waals surface area contributed by atoms with E-state index in [1.165, 1.54) is 25.7 Å². The summed E-state index contributed by atoms with van der Waals surface area (Å²) in [4.78, 5) is 11.9. The molecule has 1 atom stereocenters. The normalized spacial score (nSPS) is 24.8. The smallest absolute Gasteiger partial charge is 0.220 e. The molecule has 0 aromatic heterocycles. The molecule has 3 nitrogen and oxygen atoms in total. The van der Waals surface area contributed by atoms with E-state index in [-0.39, 0.29) is 5.91 Å². The highest BCUT2D eigenvalue weighted by Gasteiger charge is 2.24. The molecule has 0 spiro atoms. The minimum Gasteiger partial charge on any atom is -0.353 e. The van der Waals surface area contributed by atoms with Crippen molar-refractivity contribution in [3.63, 3.8) is 0 Å². The van der Waals surface area contributed by atoms with Crippen LogP contribution >= 0.6 is 0 Å². The number of rotatable bonds is 4. The van der Waals surface area contributed by atoms with Crippen LogP contribution in [0.2, 0.25) is 0 Å². The zero-order valence-corrected chi connectivity index (χ0v) is 11.0. The van der Waals surface area contributed by atoms with Crippen molar-refractivity contribution < 1.29 is 4.79 Å². The highest BCUT2D eigenvalue weighted by Crippen LogP contribution is 2.27. The second-order valence-electron chi connectivity index (χ2n) is 5.80. The molecule has 0 aromatic rings. The van der Waals surface area contributed by atoms with Crippen molar-refractivity contribution in [2.24, 2.45) is 11.8 Å². The molecule has 1 aliphatic heterocycles. The molecule has 3 heteroatoms. The number of hydrogen-bond acceptors (Lipinski definition) is 2. The van der Waals surface area contributed by atoms with E-state index >= 15 is 0 Å². The maximum absolute atomic E-state index is 11.9. The first-order valence-corrected chi connectivity index (χ1v) is 7.26. The summed E-state index contributed by atoms with van der Waals surface area (Å²) in [5.41, 5.74) is 0. The van der Waals surface area contributed by atoms with Crippen LogP contribution < -0.4 is 10.6 Å². The van der Waals surface area contributed by atoms with Gasteiger partial charge in [0.1, 0.15) is 0 Å². The third kappa shape index (κ3) is 3.98. The van der Waals surface area contributed by atoms with Crippen LogP contribution in [0.3, 0.4) is 0 Å². The molecule has 1 unspecified atom stereocenters. The summed E-state index contributed by atoms with van der Waals surface area (Å²) in [5, 5.41) is 6.55. The summed E-state index contributed by atoms with van der Waals surface area (Å²) in [6, 6.07) is 0.381. The Morgan fingerprint density at radius 2 is 1.88 bits per heavy atom. The fourth-order valence-corrected chi connectivity index (χ4v) is 3.24. The van der Waals surface area contributed by atoms with Crippen LogP contribution in [0.4, 0.5) is 0 Å². The molecule has 0 radical (unpaired) electrons. The lowest BCUT2D eigenvalue weighted by Gasteiger charge is -2.24. The van der Waals surface area contributed by atoms with Crippen molar-refractivity contribution in [3.8, 4) is 0 Å². The lowest BCUT2D eigenvalue weighted by atomic mass is 9.93. The average Bonchev–Trinajstić information content (AvgIpc) is 2.83. The summed E-state index contributed by atoms with van der Waals surface area (Å²) in [6.07, 6.45) is 8.34. The van der Waals surface area contributed by atoms with Gasteiger partial charge in [-0.05, 0) is 57.5 Å². The molecule has 2 aliphatic rings. The van der Waals surface area contributed by atoms with Crippen LogP contribution in [0.25, 0.3) is 0 Å². The van der Waals surface area contributed by atoms with E-state index in [0.29, 0.717) is 12.0 Å². The molecule has 98 valence electrons.